The van der Waals surface area contributed by atoms with Crippen molar-refractivity contribution in [2.45, 2.75) is 26.7 Å². The van der Waals surface area contributed by atoms with Gasteiger partial charge in [-0.15, -0.1) is 0 Å². The van der Waals surface area contributed by atoms with E-state index in [1.165, 1.54) is 0 Å². The van der Waals surface area contributed by atoms with Crippen molar-refractivity contribution in [3.05, 3.63) is 29.3 Å². The number of unbranched alkanes of at least 4 members (excludes halogenated alkanes) is 1. The number of aryl methyl sites for hydroxylation is 1. The van der Waals surface area contributed by atoms with Crippen molar-refractivity contribution in [1.29, 1.82) is 0 Å². The van der Waals surface area contributed by atoms with E-state index in [2.05, 4.69) is 29.4 Å². The van der Waals surface area contributed by atoms with E-state index in [-0.39, 0.29) is 12.6 Å². The maximum Gasteiger partial charge on any atom is 0.319 e. The summed E-state index contributed by atoms with van der Waals surface area (Å²) in [4.78, 5) is 11.6. The van der Waals surface area contributed by atoms with Gasteiger partial charge in [0.15, 0.2) is 0 Å². The average Bonchev–Trinajstić information content (AvgIpc) is 2.36. The fourth-order valence-corrected chi connectivity index (χ4v) is 1.62. The van der Waals surface area contributed by atoms with Gasteiger partial charge in [0.25, 0.3) is 0 Å². The van der Waals surface area contributed by atoms with Crippen molar-refractivity contribution in [3.63, 3.8) is 0 Å². The largest absolute Gasteiger partial charge is 0.384 e. The van der Waals surface area contributed by atoms with Crippen LogP contribution in [0.5, 0.6) is 0 Å². The lowest BCUT2D eigenvalue weighted by Gasteiger charge is -2.08. The van der Waals surface area contributed by atoms with Crippen LogP contribution in [-0.2, 0) is 0 Å². The Labute approximate surface area is 114 Å². The standard InChI is InChI=1S/C15H20N2O2/c1-3-4-7-16-15(19)17-14-10-12(2)9-13(11-14)6-5-8-18/h9-11,18H,3-4,7-8H2,1-2H3,(H2,16,17,19). The molecule has 0 radical (unpaired) electrons. The normalized spacial score (nSPS) is 9.42. The number of aliphatic hydroxyl groups is 1. The van der Waals surface area contributed by atoms with Gasteiger partial charge in [-0.05, 0) is 37.1 Å². The first-order valence-electron chi connectivity index (χ1n) is 6.42. The van der Waals surface area contributed by atoms with Crippen molar-refractivity contribution in [2.75, 3.05) is 18.5 Å². The van der Waals surface area contributed by atoms with Gasteiger partial charge in [-0.1, -0.05) is 25.2 Å². The Hall–Kier alpha value is -1.99. The monoisotopic (exact) mass is 260 g/mol. The second-order valence-electron chi connectivity index (χ2n) is 4.28. The zero-order chi connectivity index (χ0) is 14.1. The predicted octanol–water partition coefficient (Wildman–Crippen LogP) is 2.26. The van der Waals surface area contributed by atoms with E-state index >= 15 is 0 Å². The van der Waals surface area contributed by atoms with Crippen LogP contribution in [0, 0.1) is 18.8 Å². The van der Waals surface area contributed by atoms with Crippen LogP contribution in [-0.4, -0.2) is 24.3 Å². The van der Waals surface area contributed by atoms with Crippen LogP contribution in [0.2, 0.25) is 0 Å². The molecule has 3 N–H and O–H groups in total. The van der Waals surface area contributed by atoms with Crippen LogP contribution >= 0.6 is 0 Å². The van der Waals surface area contributed by atoms with E-state index in [9.17, 15) is 4.79 Å². The zero-order valence-corrected chi connectivity index (χ0v) is 11.4. The molecule has 2 amide bonds. The van der Waals surface area contributed by atoms with Crippen LogP contribution in [0.15, 0.2) is 18.2 Å². The highest BCUT2D eigenvalue weighted by atomic mass is 16.2. The summed E-state index contributed by atoms with van der Waals surface area (Å²) in [5.74, 6) is 5.42. The Morgan fingerprint density at radius 1 is 1.37 bits per heavy atom. The molecule has 4 nitrogen and oxygen atoms in total. The number of carbonyl (C=O) groups is 1. The third-order valence-corrected chi connectivity index (χ3v) is 2.46. The second kappa shape index (κ2) is 8.17. The molecule has 0 aliphatic carbocycles. The van der Waals surface area contributed by atoms with Crippen molar-refractivity contribution < 1.29 is 9.90 Å². The Balaban J connectivity index is 2.67. The van der Waals surface area contributed by atoms with Gasteiger partial charge in [0, 0.05) is 17.8 Å². The lowest BCUT2D eigenvalue weighted by molar-refractivity contribution is 0.252. The molecule has 1 aromatic carbocycles. The molecular weight excluding hydrogens is 240 g/mol. The van der Waals surface area contributed by atoms with Crippen molar-refractivity contribution >= 4 is 11.7 Å². The molecule has 1 aromatic rings. The molecule has 0 aliphatic heterocycles. The number of amides is 2. The molecular formula is C15H20N2O2. The van der Waals surface area contributed by atoms with Crippen LogP contribution in [0.1, 0.15) is 30.9 Å². The van der Waals surface area contributed by atoms with Gasteiger partial charge in [0.1, 0.15) is 6.61 Å². The van der Waals surface area contributed by atoms with Gasteiger partial charge in [-0.2, -0.15) is 0 Å². The summed E-state index contributed by atoms with van der Waals surface area (Å²) < 4.78 is 0. The molecule has 0 bridgehead atoms. The van der Waals surface area contributed by atoms with Crippen molar-refractivity contribution in [1.82, 2.24) is 5.32 Å². The van der Waals surface area contributed by atoms with Crippen LogP contribution < -0.4 is 10.6 Å². The molecule has 102 valence electrons. The Morgan fingerprint density at radius 2 is 2.16 bits per heavy atom. The molecule has 0 saturated carbocycles. The summed E-state index contributed by atoms with van der Waals surface area (Å²) in [6.45, 7) is 4.51. The minimum atomic E-state index is -0.208. The fraction of sp³-hybridized carbons (Fsp3) is 0.400. The van der Waals surface area contributed by atoms with E-state index in [0.29, 0.717) is 12.2 Å². The summed E-state index contributed by atoms with van der Waals surface area (Å²) in [6, 6.07) is 5.36. The van der Waals surface area contributed by atoms with Gasteiger partial charge >= 0.3 is 6.03 Å². The molecule has 0 saturated heterocycles. The summed E-state index contributed by atoms with van der Waals surface area (Å²) in [6.07, 6.45) is 2.01. The van der Waals surface area contributed by atoms with Gasteiger partial charge in [-0.3, -0.25) is 0 Å². The lowest BCUT2D eigenvalue weighted by Crippen LogP contribution is -2.29. The number of urea groups is 1. The number of carbonyl (C=O) groups excluding carboxylic acids is 1. The summed E-state index contributed by atoms with van der Waals surface area (Å²) in [5, 5.41) is 14.2. The first kappa shape index (κ1) is 15.1. The summed E-state index contributed by atoms with van der Waals surface area (Å²) in [5.41, 5.74) is 2.49. The first-order valence-corrected chi connectivity index (χ1v) is 6.42. The fourth-order valence-electron chi connectivity index (χ4n) is 1.62. The quantitative estimate of drug-likeness (QED) is 0.574. The van der Waals surface area contributed by atoms with Crippen molar-refractivity contribution in [3.8, 4) is 11.8 Å². The topological polar surface area (TPSA) is 61.4 Å². The highest BCUT2D eigenvalue weighted by molar-refractivity contribution is 5.89. The molecule has 4 heteroatoms. The number of rotatable bonds is 4. The smallest absolute Gasteiger partial charge is 0.319 e. The van der Waals surface area contributed by atoms with E-state index in [0.717, 1.165) is 24.0 Å². The molecule has 0 aliphatic rings. The number of anilines is 1. The Morgan fingerprint density at radius 3 is 2.84 bits per heavy atom. The van der Waals surface area contributed by atoms with E-state index in [4.69, 9.17) is 5.11 Å². The molecule has 19 heavy (non-hydrogen) atoms. The maximum atomic E-state index is 11.6. The Bertz CT molecular complexity index is 487. The third-order valence-electron chi connectivity index (χ3n) is 2.46. The van der Waals surface area contributed by atoms with Gasteiger partial charge < -0.3 is 15.7 Å². The van der Waals surface area contributed by atoms with E-state index in [1.54, 1.807) is 6.07 Å². The third kappa shape index (κ3) is 5.94. The van der Waals surface area contributed by atoms with Crippen LogP contribution in [0.4, 0.5) is 10.5 Å². The molecule has 0 aromatic heterocycles. The Kier molecular flexibility index (Phi) is 6.48. The van der Waals surface area contributed by atoms with Crippen LogP contribution in [0.3, 0.4) is 0 Å². The highest BCUT2D eigenvalue weighted by Gasteiger charge is 2.02. The van der Waals surface area contributed by atoms with Gasteiger partial charge in [0.05, 0.1) is 0 Å². The minimum Gasteiger partial charge on any atom is -0.384 e. The first-order chi connectivity index (χ1) is 9.15. The summed E-state index contributed by atoms with van der Waals surface area (Å²) >= 11 is 0. The summed E-state index contributed by atoms with van der Waals surface area (Å²) in [7, 11) is 0. The van der Waals surface area contributed by atoms with Gasteiger partial charge in [-0.25, -0.2) is 4.79 Å². The van der Waals surface area contributed by atoms with Crippen molar-refractivity contribution in [2.24, 2.45) is 0 Å². The molecule has 0 atom stereocenters. The molecule has 1 rings (SSSR count). The maximum absolute atomic E-state index is 11.6. The minimum absolute atomic E-state index is 0.172. The lowest BCUT2D eigenvalue weighted by atomic mass is 10.1. The zero-order valence-electron chi connectivity index (χ0n) is 11.4. The van der Waals surface area contributed by atoms with Gasteiger partial charge in [0.2, 0.25) is 0 Å². The molecule has 0 spiro atoms. The molecule has 0 fully saturated rings. The van der Waals surface area contributed by atoms with E-state index in [1.807, 2.05) is 19.1 Å². The molecule has 0 heterocycles. The number of hydrogen-bond donors (Lipinski definition) is 3. The number of aliphatic hydroxyl groups excluding tert-OH is 1. The highest BCUT2D eigenvalue weighted by Crippen LogP contribution is 2.13. The van der Waals surface area contributed by atoms with Crippen LogP contribution in [0.25, 0.3) is 0 Å². The predicted molar refractivity (Wildman–Crippen MR) is 77.1 cm³/mol. The SMILES string of the molecule is CCCCNC(=O)Nc1cc(C)cc(C#CCO)c1. The number of nitrogens with one attached hydrogen (secondary N) is 2. The number of benzene rings is 1. The average molecular weight is 260 g/mol. The number of hydrogen-bond acceptors (Lipinski definition) is 2. The molecule has 0 unspecified atom stereocenters. The second-order valence-corrected chi connectivity index (χ2v) is 4.28. The van der Waals surface area contributed by atoms with E-state index < -0.39 is 0 Å².